The maximum Gasteiger partial charge on any atom is 0.343 e. The highest BCUT2D eigenvalue weighted by Gasteiger charge is 2.27. The van der Waals surface area contributed by atoms with Gasteiger partial charge in [-0.1, -0.05) is 74.5 Å². The van der Waals surface area contributed by atoms with Crippen LogP contribution in [0, 0.1) is 0 Å². The molecule has 0 fully saturated rings. The SMILES string of the molecule is CCC(c1ccccc1)c1c(O)cc([C@H](CC)[C@@H](O)c2ccccc2)oc1=O. The molecule has 4 heteroatoms. The smallest absolute Gasteiger partial charge is 0.343 e. The monoisotopic (exact) mass is 378 g/mol. The molecule has 0 radical (unpaired) electrons. The molecule has 3 atom stereocenters. The number of aliphatic hydroxyl groups is 1. The molecule has 1 unspecified atom stereocenters. The van der Waals surface area contributed by atoms with E-state index in [0.717, 1.165) is 11.1 Å². The summed E-state index contributed by atoms with van der Waals surface area (Å²) in [6.07, 6.45) is 0.398. The number of aromatic hydroxyl groups is 1. The van der Waals surface area contributed by atoms with Gasteiger partial charge in [-0.05, 0) is 24.0 Å². The van der Waals surface area contributed by atoms with E-state index in [4.69, 9.17) is 4.42 Å². The highest BCUT2D eigenvalue weighted by atomic mass is 16.4. The van der Waals surface area contributed by atoms with Gasteiger partial charge in [-0.15, -0.1) is 0 Å². The van der Waals surface area contributed by atoms with E-state index >= 15 is 0 Å². The Labute approximate surface area is 165 Å². The van der Waals surface area contributed by atoms with E-state index in [0.29, 0.717) is 18.6 Å². The van der Waals surface area contributed by atoms with Crippen LogP contribution < -0.4 is 5.63 Å². The molecule has 4 nitrogen and oxygen atoms in total. The predicted octanol–water partition coefficient (Wildman–Crippen LogP) is 5.11. The molecule has 146 valence electrons. The molecule has 0 aliphatic rings. The van der Waals surface area contributed by atoms with Gasteiger partial charge < -0.3 is 14.6 Å². The summed E-state index contributed by atoms with van der Waals surface area (Å²) >= 11 is 0. The van der Waals surface area contributed by atoms with Crippen molar-refractivity contribution >= 4 is 0 Å². The van der Waals surface area contributed by atoms with Crippen LogP contribution in [0.3, 0.4) is 0 Å². The molecule has 0 spiro atoms. The van der Waals surface area contributed by atoms with Gasteiger partial charge in [0, 0.05) is 17.9 Å². The first-order valence-corrected chi connectivity index (χ1v) is 9.71. The summed E-state index contributed by atoms with van der Waals surface area (Å²) in [5.74, 6) is -0.453. The molecular formula is C24H26O4. The van der Waals surface area contributed by atoms with Crippen molar-refractivity contribution in [3.63, 3.8) is 0 Å². The third kappa shape index (κ3) is 4.02. The summed E-state index contributed by atoms with van der Waals surface area (Å²) in [6, 6.07) is 20.4. The van der Waals surface area contributed by atoms with E-state index in [-0.39, 0.29) is 17.2 Å². The quantitative estimate of drug-likeness (QED) is 0.599. The Balaban J connectivity index is 2.00. The molecule has 1 aromatic heterocycles. The summed E-state index contributed by atoms with van der Waals surface area (Å²) in [4.78, 5) is 12.8. The molecule has 3 aromatic rings. The molecule has 0 aliphatic heterocycles. The van der Waals surface area contributed by atoms with E-state index in [9.17, 15) is 15.0 Å². The van der Waals surface area contributed by atoms with Gasteiger partial charge in [0.15, 0.2) is 0 Å². The van der Waals surface area contributed by atoms with Crippen molar-refractivity contribution in [3.8, 4) is 5.75 Å². The number of rotatable bonds is 7. The van der Waals surface area contributed by atoms with E-state index in [1.54, 1.807) is 0 Å². The van der Waals surface area contributed by atoms with Gasteiger partial charge in [0.2, 0.25) is 0 Å². The normalized spacial score (nSPS) is 14.4. The first-order chi connectivity index (χ1) is 13.6. The summed E-state index contributed by atoms with van der Waals surface area (Å²) in [6.45, 7) is 3.89. The lowest BCUT2D eigenvalue weighted by Crippen LogP contribution is -2.17. The van der Waals surface area contributed by atoms with Crippen LogP contribution in [0.1, 0.15) is 67.1 Å². The Kier molecular flexibility index (Phi) is 6.32. The van der Waals surface area contributed by atoms with Crippen molar-refractivity contribution in [3.05, 3.63) is 99.6 Å². The lowest BCUT2D eigenvalue weighted by Gasteiger charge is -2.22. The fraction of sp³-hybridized carbons (Fsp3) is 0.292. The van der Waals surface area contributed by atoms with Crippen LogP contribution in [-0.4, -0.2) is 10.2 Å². The van der Waals surface area contributed by atoms with E-state index in [1.807, 2.05) is 74.5 Å². The van der Waals surface area contributed by atoms with Gasteiger partial charge in [0.25, 0.3) is 0 Å². The number of aliphatic hydroxyl groups excluding tert-OH is 1. The summed E-state index contributed by atoms with van der Waals surface area (Å²) < 4.78 is 5.61. The molecule has 2 aromatic carbocycles. The van der Waals surface area contributed by atoms with E-state index in [1.165, 1.54) is 6.07 Å². The predicted molar refractivity (Wildman–Crippen MR) is 110 cm³/mol. The first-order valence-electron chi connectivity index (χ1n) is 9.71. The standard InChI is InChI=1S/C24H26O4/c1-3-18(16-11-7-5-8-12-16)22-20(25)15-21(28-24(22)27)19(4-2)23(26)17-13-9-6-10-14-17/h5-15,18-19,23,25-26H,3-4H2,1-2H3/t18?,19-,23-/m0/s1. The highest BCUT2D eigenvalue weighted by Crippen LogP contribution is 2.37. The van der Waals surface area contributed by atoms with Crippen LogP contribution in [0.2, 0.25) is 0 Å². The van der Waals surface area contributed by atoms with Crippen LogP contribution >= 0.6 is 0 Å². The maximum atomic E-state index is 12.8. The van der Waals surface area contributed by atoms with Crippen molar-refractivity contribution in [2.24, 2.45) is 0 Å². The molecule has 28 heavy (non-hydrogen) atoms. The summed E-state index contributed by atoms with van der Waals surface area (Å²) in [7, 11) is 0. The molecule has 0 saturated carbocycles. The second-order valence-corrected chi connectivity index (χ2v) is 6.98. The van der Waals surface area contributed by atoms with Gasteiger partial charge >= 0.3 is 5.63 Å². The van der Waals surface area contributed by atoms with Gasteiger partial charge in [-0.25, -0.2) is 4.79 Å². The Hall–Kier alpha value is -2.85. The van der Waals surface area contributed by atoms with Crippen molar-refractivity contribution in [1.29, 1.82) is 0 Å². The molecule has 0 aliphatic carbocycles. The fourth-order valence-corrected chi connectivity index (χ4v) is 3.77. The molecule has 0 bridgehead atoms. The van der Waals surface area contributed by atoms with Crippen molar-refractivity contribution in [1.82, 2.24) is 0 Å². The zero-order chi connectivity index (χ0) is 20.1. The van der Waals surface area contributed by atoms with Crippen LogP contribution in [0.5, 0.6) is 5.75 Å². The van der Waals surface area contributed by atoms with E-state index < -0.39 is 17.6 Å². The average Bonchev–Trinajstić information content (AvgIpc) is 2.72. The zero-order valence-electron chi connectivity index (χ0n) is 16.2. The summed E-state index contributed by atoms with van der Waals surface area (Å²) in [5.41, 5.74) is 1.42. The minimum Gasteiger partial charge on any atom is -0.507 e. The largest absolute Gasteiger partial charge is 0.507 e. The molecular weight excluding hydrogens is 352 g/mol. The van der Waals surface area contributed by atoms with Gasteiger partial charge in [-0.2, -0.15) is 0 Å². The van der Waals surface area contributed by atoms with Crippen molar-refractivity contribution in [2.75, 3.05) is 0 Å². The Morgan fingerprint density at radius 2 is 1.46 bits per heavy atom. The topological polar surface area (TPSA) is 70.7 Å². The molecule has 0 amide bonds. The Morgan fingerprint density at radius 1 is 0.893 bits per heavy atom. The Bertz CT molecular complexity index is 947. The zero-order valence-corrected chi connectivity index (χ0v) is 16.2. The fourth-order valence-electron chi connectivity index (χ4n) is 3.77. The highest BCUT2D eigenvalue weighted by molar-refractivity contribution is 5.40. The first kappa shape index (κ1) is 19.9. The lowest BCUT2D eigenvalue weighted by atomic mass is 9.87. The third-order valence-electron chi connectivity index (χ3n) is 5.27. The third-order valence-corrected chi connectivity index (χ3v) is 5.27. The average molecular weight is 378 g/mol. The second-order valence-electron chi connectivity index (χ2n) is 6.98. The molecule has 3 rings (SSSR count). The number of benzene rings is 2. The molecule has 0 saturated heterocycles. The Morgan fingerprint density at radius 3 is 1.96 bits per heavy atom. The number of hydrogen-bond donors (Lipinski definition) is 2. The van der Waals surface area contributed by atoms with Crippen molar-refractivity contribution in [2.45, 2.75) is 44.6 Å². The van der Waals surface area contributed by atoms with Gasteiger partial charge in [0.1, 0.15) is 11.5 Å². The summed E-state index contributed by atoms with van der Waals surface area (Å²) in [5, 5.41) is 21.5. The number of hydrogen-bond acceptors (Lipinski definition) is 4. The van der Waals surface area contributed by atoms with Crippen LogP contribution in [-0.2, 0) is 0 Å². The molecule has 2 N–H and O–H groups in total. The lowest BCUT2D eigenvalue weighted by molar-refractivity contribution is 0.129. The van der Waals surface area contributed by atoms with Crippen LogP contribution in [0.15, 0.2) is 75.9 Å². The van der Waals surface area contributed by atoms with E-state index in [2.05, 4.69) is 0 Å². The minimum absolute atomic E-state index is 0.0827. The van der Waals surface area contributed by atoms with Crippen LogP contribution in [0.25, 0.3) is 0 Å². The van der Waals surface area contributed by atoms with Crippen LogP contribution in [0.4, 0.5) is 0 Å². The van der Waals surface area contributed by atoms with Gasteiger partial charge in [0.05, 0.1) is 11.7 Å². The molecule has 1 heterocycles. The van der Waals surface area contributed by atoms with Crippen molar-refractivity contribution < 1.29 is 14.6 Å². The maximum absolute atomic E-state index is 12.8. The second kappa shape index (κ2) is 8.89. The minimum atomic E-state index is -0.823. The van der Waals surface area contributed by atoms with Gasteiger partial charge in [-0.3, -0.25) is 0 Å².